The highest BCUT2D eigenvalue weighted by atomic mass is 35.5. The summed E-state index contributed by atoms with van der Waals surface area (Å²) in [4.78, 5) is 14.9. The number of nitrogens with two attached hydrogens (primary N) is 1. The average molecular weight is 281 g/mol. The molecule has 5 heteroatoms. The zero-order valence-electron chi connectivity index (χ0n) is 9.78. The van der Waals surface area contributed by atoms with E-state index in [1.165, 1.54) is 11.3 Å². The topological polar surface area (TPSA) is 46.3 Å². The van der Waals surface area contributed by atoms with Crippen molar-refractivity contribution in [2.24, 2.45) is 0 Å². The molecule has 1 amide bonds. The SMILES string of the molecule is Nc1c(C(=O)N2CCCC2)sc2cccc(Cl)c12. The van der Waals surface area contributed by atoms with Crippen LogP contribution in [0.1, 0.15) is 22.5 Å². The van der Waals surface area contributed by atoms with Crippen LogP contribution in [-0.2, 0) is 0 Å². The molecule has 94 valence electrons. The number of carbonyl (C=O) groups excluding carboxylic acids is 1. The maximum atomic E-state index is 12.4. The number of hydrogen-bond acceptors (Lipinski definition) is 3. The molecule has 0 unspecified atom stereocenters. The molecule has 1 saturated heterocycles. The van der Waals surface area contributed by atoms with Gasteiger partial charge < -0.3 is 10.6 Å². The van der Waals surface area contributed by atoms with Crippen molar-refractivity contribution < 1.29 is 4.79 Å². The predicted molar refractivity (Wildman–Crippen MR) is 76.4 cm³/mol. The van der Waals surface area contributed by atoms with Gasteiger partial charge in [-0.25, -0.2) is 0 Å². The number of amides is 1. The highest BCUT2D eigenvalue weighted by Gasteiger charge is 2.24. The van der Waals surface area contributed by atoms with E-state index in [-0.39, 0.29) is 5.91 Å². The van der Waals surface area contributed by atoms with E-state index in [0.29, 0.717) is 15.6 Å². The average Bonchev–Trinajstić information content (AvgIpc) is 2.97. The van der Waals surface area contributed by atoms with E-state index >= 15 is 0 Å². The fraction of sp³-hybridized carbons (Fsp3) is 0.308. The highest BCUT2D eigenvalue weighted by molar-refractivity contribution is 7.21. The third-order valence-corrected chi connectivity index (χ3v) is 4.76. The molecule has 3 rings (SSSR count). The van der Waals surface area contributed by atoms with Crippen LogP contribution in [0.15, 0.2) is 18.2 Å². The van der Waals surface area contributed by atoms with Gasteiger partial charge in [0.15, 0.2) is 0 Å². The van der Waals surface area contributed by atoms with Crippen LogP contribution < -0.4 is 5.73 Å². The first-order valence-corrected chi connectivity index (χ1v) is 7.13. The van der Waals surface area contributed by atoms with Crippen LogP contribution in [0.2, 0.25) is 5.02 Å². The molecule has 1 aromatic carbocycles. The van der Waals surface area contributed by atoms with Gasteiger partial charge in [0.05, 0.1) is 10.7 Å². The first-order chi connectivity index (χ1) is 8.68. The molecule has 0 spiro atoms. The van der Waals surface area contributed by atoms with E-state index < -0.39 is 0 Å². The Labute approximate surface area is 114 Å². The van der Waals surface area contributed by atoms with Crippen LogP contribution in [0.25, 0.3) is 10.1 Å². The van der Waals surface area contributed by atoms with Crippen LogP contribution in [0, 0.1) is 0 Å². The molecule has 0 atom stereocenters. The summed E-state index contributed by atoms with van der Waals surface area (Å²) in [5.41, 5.74) is 6.61. The Morgan fingerprint density at radius 3 is 2.72 bits per heavy atom. The Morgan fingerprint density at radius 2 is 2.06 bits per heavy atom. The van der Waals surface area contributed by atoms with Crippen molar-refractivity contribution in [1.82, 2.24) is 4.90 Å². The van der Waals surface area contributed by atoms with Crippen LogP contribution in [0.5, 0.6) is 0 Å². The number of rotatable bonds is 1. The standard InChI is InChI=1S/C13H13ClN2OS/c14-8-4-3-5-9-10(8)11(15)12(18-9)13(17)16-6-1-2-7-16/h3-5H,1-2,6-7,15H2. The third kappa shape index (κ3) is 1.76. The number of hydrogen-bond donors (Lipinski definition) is 1. The minimum absolute atomic E-state index is 0.0438. The molecule has 1 aliphatic heterocycles. The first kappa shape index (κ1) is 11.8. The fourth-order valence-corrected chi connectivity index (χ4v) is 3.80. The molecule has 3 nitrogen and oxygen atoms in total. The van der Waals surface area contributed by atoms with E-state index in [1.807, 2.05) is 17.0 Å². The van der Waals surface area contributed by atoms with Gasteiger partial charge in [0.1, 0.15) is 4.88 Å². The monoisotopic (exact) mass is 280 g/mol. The van der Waals surface area contributed by atoms with Gasteiger partial charge in [-0.05, 0) is 25.0 Å². The zero-order chi connectivity index (χ0) is 12.7. The zero-order valence-corrected chi connectivity index (χ0v) is 11.4. The summed E-state index contributed by atoms with van der Waals surface area (Å²) >= 11 is 7.57. The lowest BCUT2D eigenvalue weighted by molar-refractivity contribution is 0.0798. The van der Waals surface area contributed by atoms with E-state index in [0.717, 1.165) is 36.0 Å². The van der Waals surface area contributed by atoms with Crippen LogP contribution in [-0.4, -0.2) is 23.9 Å². The number of likely N-dealkylation sites (tertiary alicyclic amines) is 1. The molecule has 1 aliphatic rings. The highest BCUT2D eigenvalue weighted by Crippen LogP contribution is 2.38. The molecular formula is C13H13ClN2OS. The predicted octanol–water partition coefficient (Wildman–Crippen LogP) is 3.37. The normalized spacial score (nSPS) is 15.5. The Hall–Kier alpha value is -1.26. The van der Waals surface area contributed by atoms with Crippen molar-refractivity contribution in [3.63, 3.8) is 0 Å². The maximum absolute atomic E-state index is 12.4. The lowest BCUT2D eigenvalue weighted by Gasteiger charge is -2.14. The van der Waals surface area contributed by atoms with E-state index in [4.69, 9.17) is 17.3 Å². The number of halogens is 1. The quantitative estimate of drug-likeness (QED) is 0.870. The third-order valence-electron chi connectivity index (χ3n) is 3.29. The van der Waals surface area contributed by atoms with Crippen molar-refractivity contribution in [3.05, 3.63) is 28.1 Å². The Kier molecular flexibility index (Phi) is 2.92. The molecular weight excluding hydrogens is 268 g/mol. The first-order valence-electron chi connectivity index (χ1n) is 5.94. The molecule has 1 fully saturated rings. The van der Waals surface area contributed by atoms with Gasteiger partial charge in [-0.15, -0.1) is 11.3 Å². The van der Waals surface area contributed by atoms with E-state index in [9.17, 15) is 4.79 Å². The summed E-state index contributed by atoms with van der Waals surface area (Å²) in [6, 6.07) is 5.63. The maximum Gasteiger partial charge on any atom is 0.266 e. The second kappa shape index (κ2) is 4.44. The fourth-order valence-electron chi connectivity index (χ4n) is 2.35. The van der Waals surface area contributed by atoms with Crippen molar-refractivity contribution in [2.45, 2.75) is 12.8 Å². The summed E-state index contributed by atoms with van der Waals surface area (Å²) < 4.78 is 0.975. The van der Waals surface area contributed by atoms with Crippen molar-refractivity contribution in [1.29, 1.82) is 0 Å². The summed E-state index contributed by atoms with van der Waals surface area (Å²) in [7, 11) is 0. The second-order valence-electron chi connectivity index (χ2n) is 4.46. The molecule has 0 radical (unpaired) electrons. The van der Waals surface area contributed by atoms with Crippen LogP contribution in [0.4, 0.5) is 5.69 Å². The minimum atomic E-state index is 0.0438. The molecule has 2 heterocycles. The van der Waals surface area contributed by atoms with Crippen LogP contribution in [0.3, 0.4) is 0 Å². The molecule has 18 heavy (non-hydrogen) atoms. The molecule has 2 N–H and O–H groups in total. The molecule has 0 aliphatic carbocycles. The summed E-state index contributed by atoms with van der Waals surface area (Å²) in [6.07, 6.45) is 2.16. The number of anilines is 1. The van der Waals surface area contributed by atoms with Gasteiger partial charge in [0.2, 0.25) is 0 Å². The number of benzene rings is 1. The summed E-state index contributed by atoms with van der Waals surface area (Å²) in [5, 5.41) is 1.42. The number of nitrogens with zero attached hydrogens (tertiary/aromatic N) is 1. The molecule has 0 saturated carbocycles. The van der Waals surface area contributed by atoms with Crippen molar-refractivity contribution in [3.8, 4) is 0 Å². The Balaban J connectivity index is 2.09. The second-order valence-corrected chi connectivity index (χ2v) is 5.92. The number of fused-ring (bicyclic) bond motifs is 1. The van der Waals surface area contributed by atoms with Crippen LogP contribution >= 0.6 is 22.9 Å². The number of thiophene rings is 1. The van der Waals surface area contributed by atoms with Crippen molar-refractivity contribution in [2.75, 3.05) is 18.8 Å². The van der Waals surface area contributed by atoms with E-state index in [2.05, 4.69) is 0 Å². The molecule has 1 aromatic heterocycles. The molecule has 2 aromatic rings. The summed E-state index contributed by atoms with van der Waals surface area (Å²) in [6.45, 7) is 1.67. The number of carbonyl (C=O) groups is 1. The smallest absolute Gasteiger partial charge is 0.266 e. The lowest BCUT2D eigenvalue weighted by Crippen LogP contribution is -2.27. The van der Waals surface area contributed by atoms with Crippen molar-refractivity contribution >= 4 is 44.6 Å². The lowest BCUT2D eigenvalue weighted by atomic mass is 10.2. The van der Waals surface area contributed by atoms with Gasteiger partial charge in [-0.2, -0.15) is 0 Å². The largest absolute Gasteiger partial charge is 0.397 e. The van der Waals surface area contributed by atoms with Gasteiger partial charge in [-0.3, -0.25) is 4.79 Å². The summed E-state index contributed by atoms with van der Waals surface area (Å²) in [5.74, 6) is 0.0438. The molecule has 0 bridgehead atoms. The van der Waals surface area contributed by atoms with Gasteiger partial charge in [0.25, 0.3) is 5.91 Å². The Bertz CT molecular complexity index is 617. The Morgan fingerprint density at radius 1 is 1.33 bits per heavy atom. The number of nitrogen functional groups attached to an aromatic ring is 1. The van der Waals surface area contributed by atoms with Gasteiger partial charge in [-0.1, -0.05) is 17.7 Å². The van der Waals surface area contributed by atoms with Gasteiger partial charge in [0, 0.05) is 23.2 Å². The minimum Gasteiger partial charge on any atom is -0.397 e. The van der Waals surface area contributed by atoms with Gasteiger partial charge >= 0.3 is 0 Å². The van der Waals surface area contributed by atoms with E-state index in [1.54, 1.807) is 6.07 Å².